The van der Waals surface area contributed by atoms with Gasteiger partial charge >= 0.3 is 6.09 Å². The molecule has 0 aliphatic heterocycles. The Kier molecular flexibility index (Phi) is 5.21. The van der Waals surface area contributed by atoms with Crippen molar-refractivity contribution in [2.45, 2.75) is 52.7 Å². The molecular formula is C15H23NO3. The van der Waals surface area contributed by atoms with E-state index in [0.29, 0.717) is 5.69 Å². The largest absolute Gasteiger partial charge is 0.491 e. The van der Waals surface area contributed by atoms with Crippen molar-refractivity contribution in [3.8, 4) is 5.75 Å². The monoisotopic (exact) mass is 265 g/mol. The maximum Gasteiger partial charge on any atom is 0.412 e. The second kappa shape index (κ2) is 6.45. The van der Waals surface area contributed by atoms with E-state index in [-0.39, 0.29) is 6.10 Å². The summed E-state index contributed by atoms with van der Waals surface area (Å²) >= 11 is 0. The highest BCUT2D eigenvalue weighted by atomic mass is 16.6. The molecule has 0 saturated heterocycles. The fourth-order valence-corrected chi connectivity index (χ4v) is 1.38. The maximum absolute atomic E-state index is 11.6. The van der Waals surface area contributed by atoms with E-state index in [4.69, 9.17) is 9.47 Å². The van der Waals surface area contributed by atoms with Crippen LogP contribution in [0.15, 0.2) is 24.3 Å². The SMILES string of the molecule is CCC(C)Oc1cccc(NC(=O)OC(C)(C)C)c1. The smallest absolute Gasteiger partial charge is 0.412 e. The number of rotatable bonds is 4. The number of nitrogens with one attached hydrogen (secondary N) is 1. The fraction of sp³-hybridized carbons (Fsp3) is 0.533. The summed E-state index contributed by atoms with van der Waals surface area (Å²) in [6.45, 7) is 9.56. The second-order valence-electron chi connectivity index (χ2n) is 5.49. The molecule has 1 unspecified atom stereocenters. The Labute approximate surface area is 115 Å². The minimum Gasteiger partial charge on any atom is -0.491 e. The molecule has 0 aliphatic carbocycles. The fourth-order valence-electron chi connectivity index (χ4n) is 1.38. The third-order valence-electron chi connectivity index (χ3n) is 2.39. The summed E-state index contributed by atoms with van der Waals surface area (Å²) in [4.78, 5) is 11.6. The molecule has 19 heavy (non-hydrogen) atoms. The zero-order valence-corrected chi connectivity index (χ0v) is 12.3. The molecule has 106 valence electrons. The van der Waals surface area contributed by atoms with E-state index in [1.165, 1.54) is 0 Å². The number of hydrogen-bond donors (Lipinski definition) is 1. The van der Waals surface area contributed by atoms with Gasteiger partial charge in [-0.1, -0.05) is 13.0 Å². The van der Waals surface area contributed by atoms with E-state index in [9.17, 15) is 4.79 Å². The van der Waals surface area contributed by atoms with Crippen LogP contribution in [-0.2, 0) is 4.74 Å². The van der Waals surface area contributed by atoms with Crippen molar-refractivity contribution < 1.29 is 14.3 Å². The van der Waals surface area contributed by atoms with Crippen LogP contribution in [0.4, 0.5) is 10.5 Å². The average molecular weight is 265 g/mol. The summed E-state index contributed by atoms with van der Waals surface area (Å²) in [6.07, 6.45) is 0.619. The Balaban J connectivity index is 2.64. The molecule has 0 saturated carbocycles. The lowest BCUT2D eigenvalue weighted by Gasteiger charge is -2.20. The lowest BCUT2D eigenvalue weighted by atomic mass is 10.2. The molecule has 1 amide bonds. The molecule has 0 spiro atoms. The summed E-state index contributed by atoms with van der Waals surface area (Å²) in [5, 5.41) is 2.69. The highest BCUT2D eigenvalue weighted by molar-refractivity contribution is 5.85. The molecule has 1 N–H and O–H groups in total. The maximum atomic E-state index is 11.6. The van der Waals surface area contributed by atoms with Crippen molar-refractivity contribution in [1.82, 2.24) is 0 Å². The van der Waals surface area contributed by atoms with Crippen LogP contribution in [-0.4, -0.2) is 17.8 Å². The number of amides is 1. The van der Waals surface area contributed by atoms with Gasteiger partial charge in [-0.15, -0.1) is 0 Å². The molecule has 1 atom stereocenters. The summed E-state index contributed by atoms with van der Waals surface area (Å²) < 4.78 is 10.9. The van der Waals surface area contributed by atoms with Crippen molar-refractivity contribution in [3.05, 3.63) is 24.3 Å². The standard InChI is InChI=1S/C15H23NO3/c1-6-11(2)18-13-9-7-8-12(10-13)16-14(17)19-15(3,4)5/h7-11H,6H2,1-5H3,(H,16,17). The first kappa shape index (κ1) is 15.3. The Hall–Kier alpha value is -1.71. The average Bonchev–Trinajstić information content (AvgIpc) is 2.26. The third-order valence-corrected chi connectivity index (χ3v) is 2.39. The number of ether oxygens (including phenoxy) is 2. The van der Waals surface area contributed by atoms with Gasteiger partial charge in [-0.25, -0.2) is 4.79 Å². The first-order chi connectivity index (χ1) is 8.80. The molecule has 0 aromatic heterocycles. The summed E-state index contributed by atoms with van der Waals surface area (Å²) in [7, 11) is 0. The van der Waals surface area contributed by atoms with Gasteiger partial charge in [-0.05, 0) is 46.2 Å². The van der Waals surface area contributed by atoms with E-state index >= 15 is 0 Å². The van der Waals surface area contributed by atoms with Gasteiger partial charge in [0.15, 0.2) is 0 Å². The molecule has 0 fully saturated rings. The van der Waals surface area contributed by atoms with E-state index in [2.05, 4.69) is 12.2 Å². The normalized spacial score (nSPS) is 12.7. The van der Waals surface area contributed by atoms with Crippen molar-refractivity contribution in [3.63, 3.8) is 0 Å². The number of anilines is 1. The van der Waals surface area contributed by atoms with Gasteiger partial charge in [0.2, 0.25) is 0 Å². The topological polar surface area (TPSA) is 47.6 Å². The van der Waals surface area contributed by atoms with E-state index in [0.717, 1.165) is 12.2 Å². The molecule has 1 aromatic rings. The number of carbonyl (C=O) groups excluding carboxylic acids is 1. The van der Waals surface area contributed by atoms with Crippen molar-refractivity contribution in [2.24, 2.45) is 0 Å². The van der Waals surface area contributed by atoms with Crippen molar-refractivity contribution >= 4 is 11.8 Å². The first-order valence-corrected chi connectivity index (χ1v) is 6.57. The van der Waals surface area contributed by atoms with Crippen LogP contribution in [0.25, 0.3) is 0 Å². The molecule has 4 nitrogen and oxygen atoms in total. The predicted octanol–water partition coefficient (Wildman–Crippen LogP) is 4.21. The summed E-state index contributed by atoms with van der Waals surface area (Å²) in [6, 6.07) is 7.29. The number of benzene rings is 1. The van der Waals surface area contributed by atoms with E-state index < -0.39 is 11.7 Å². The van der Waals surface area contributed by atoms with Crippen LogP contribution in [0.5, 0.6) is 5.75 Å². The minimum absolute atomic E-state index is 0.150. The van der Waals surface area contributed by atoms with E-state index in [1.54, 1.807) is 12.1 Å². The van der Waals surface area contributed by atoms with Crippen molar-refractivity contribution in [2.75, 3.05) is 5.32 Å². The Morgan fingerprint density at radius 1 is 1.37 bits per heavy atom. The van der Waals surface area contributed by atoms with Crippen molar-refractivity contribution in [1.29, 1.82) is 0 Å². The van der Waals surface area contributed by atoms with Crippen LogP contribution >= 0.6 is 0 Å². The van der Waals surface area contributed by atoms with Crippen LogP contribution in [0.3, 0.4) is 0 Å². The van der Waals surface area contributed by atoms with E-state index in [1.807, 2.05) is 39.8 Å². The molecule has 4 heteroatoms. The Morgan fingerprint density at radius 3 is 2.63 bits per heavy atom. The zero-order chi connectivity index (χ0) is 14.5. The third kappa shape index (κ3) is 6.13. The van der Waals surface area contributed by atoms with Gasteiger partial charge in [-0.2, -0.15) is 0 Å². The summed E-state index contributed by atoms with van der Waals surface area (Å²) in [5.74, 6) is 0.739. The second-order valence-corrected chi connectivity index (χ2v) is 5.49. The van der Waals surface area contributed by atoms with Gasteiger partial charge in [0.25, 0.3) is 0 Å². The molecule has 0 heterocycles. The molecule has 0 radical (unpaired) electrons. The van der Waals surface area contributed by atoms with Crippen LogP contribution in [0.1, 0.15) is 41.0 Å². The van der Waals surface area contributed by atoms with Crippen LogP contribution in [0, 0.1) is 0 Å². The van der Waals surface area contributed by atoms with Gasteiger partial charge in [0.05, 0.1) is 6.10 Å². The summed E-state index contributed by atoms with van der Waals surface area (Å²) in [5.41, 5.74) is 0.157. The first-order valence-electron chi connectivity index (χ1n) is 6.57. The molecular weight excluding hydrogens is 242 g/mol. The minimum atomic E-state index is -0.505. The van der Waals surface area contributed by atoms with Gasteiger partial charge in [0, 0.05) is 11.8 Å². The zero-order valence-electron chi connectivity index (χ0n) is 12.3. The highest BCUT2D eigenvalue weighted by Gasteiger charge is 2.16. The van der Waals surface area contributed by atoms with Crippen LogP contribution < -0.4 is 10.1 Å². The highest BCUT2D eigenvalue weighted by Crippen LogP contribution is 2.20. The quantitative estimate of drug-likeness (QED) is 0.887. The number of hydrogen-bond acceptors (Lipinski definition) is 3. The molecule has 0 bridgehead atoms. The lowest BCUT2D eigenvalue weighted by Crippen LogP contribution is -2.27. The Bertz CT molecular complexity index is 424. The Morgan fingerprint density at radius 2 is 2.05 bits per heavy atom. The lowest BCUT2D eigenvalue weighted by molar-refractivity contribution is 0.0636. The van der Waals surface area contributed by atoms with Gasteiger partial charge in [0.1, 0.15) is 11.4 Å². The molecule has 1 rings (SSSR count). The van der Waals surface area contributed by atoms with Crippen LogP contribution in [0.2, 0.25) is 0 Å². The number of carbonyl (C=O) groups is 1. The molecule has 0 aliphatic rings. The predicted molar refractivity (Wildman–Crippen MR) is 76.7 cm³/mol. The van der Waals surface area contributed by atoms with Gasteiger partial charge < -0.3 is 9.47 Å². The molecule has 1 aromatic carbocycles. The van der Waals surface area contributed by atoms with Gasteiger partial charge in [-0.3, -0.25) is 5.32 Å².